The molecule has 0 aliphatic carbocycles. The molecule has 1 unspecified atom stereocenters. The van der Waals surface area contributed by atoms with Crippen molar-refractivity contribution in [2.45, 2.75) is 45.1 Å². The zero-order valence-corrected chi connectivity index (χ0v) is 13.6. The summed E-state index contributed by atoms with van der Waals surface area (Å²) in [5.74, 6) is 0.811. The molecule has 0 spiro atoms. The van der Waals surface area contributed by atoms with Crippen molar-refractivity contribution in [3.8, 4) is 11.5 Å². The molecule has 1 N–H and O–H groups in total. The summed E-state index contributed by atoms with van der Waals surface area (Å²) in [5, 5.41) is 9.53. The molecule has 0 saturated heterocycles. The predicted molar refractivity (Wildman–Crippen MR) is 88.8 cm³/mol. The Labute approximate surface area is 139 Å². The monoisotopic (exact) mass is 328 g/mol. The van der Waals surface area contributed by atoms with Crippen LogP contribution in [0, 0.1) is 0 Å². The average molecular weight is 328 g/mol. The smallest absolute Gasteiger partial charge is 0.339 e. The summed E-state index contributed by atoms with van der Waals surface area (Å²) in [6.45, 7) is 2.11. The molecule has 2 aromatic rings. The van der Waals surface area contributed by atoms with Gasteiger partial charge in [-0.15, -0.1) is 0 Å². The Balaban J connectivity index is 1.89. The van der Waals surface area contributed by atoms with E-state index in [0.29, 0.717) is 23.5 Å². The lowest BCUT2D eigenvalue weighted by molar-refractivity contribution is 0.0834. The second-order valence-corrected chi connectivity index (χ2v) is 6.08. The summed E-state index contributed by atoms with van der Waals surface area (Å²) in [5.41, 5.74) is 0.674. The minimum absolute atomic E-state index is 0.0513. The van der Waals surface area contributed by atoms with Crippen LogP contribution in [0.3, 0.4) is 0 Å². The maximum atomic E-state index is 12.6. The van der Waals surface area contributed by atoms with E-state index in [4.69, 9.17) is 9.15 Å². The van der Waals surface area contributed by atoms with Gasteiger partial charge in [0.15, 0.2) is 5.78 Å². The summed E-state index contributed by atoms with van der Waals surface area (Å²) in [4.78, 5) is 24.0. The molecule has 5 heteroatoms. The number of ether oxygens (including phenoxy) is 1. The van der Waals surface area contributed by atoms with Crippen molar-refractivity contribution >= 4 is 5.78 Å². The molecule has 0 saturated carbocycles. The zero-order valence-electron chi connectivity index (χ0n) is 13.6. The van der Waals surface area contributed by atoms with Gasteiger partial charge in [-0.05, 0) is 18.1 Å². The van der Waals surface area contributed by atoms with Crippen LogP contribution in [0.1, 0.15) is 54.3 Å². The summed E-state index contributed by atoms with van der Waals surface area (Å²) in [6.07, 6.45) is 3.51. The van der Waals surface area contributed by atoms with Crippen LogP contribution in [0.25, 0.3) is 0 Å². The molecular weight excluding hydrogens is 308 g/mol. The zero-order chi connectivity index (χ0) is 17.1. The van der Waals surface area contributed by atoms with Crippen molar-refractivity contribution in [2.24, 2.45) is 0 Å². The minimum atomic E-state index is -0.614. The molecule has 126 valence electrons. The van der Waals surface area contributed by atoms with Gasteiger partial charge in [0.25, 0.3) is 0 Å². The standard InChI is InChI=1S/C19H20O5/c1-2-3-6-14-11-16(21)19-12(5-4-7-17(19)23-14)8-15-9-13(20)10-18(22)24-15/h4-5,7,9-10,14,20H,2-3,6,8,11H2,1H3. The quantitative estimate of drug-likeness (QED) is 0.909. The molecular formula is C19H20O5. The molecule has 0 amide bonds. The predicted octanol–water partition coefficient (Wildman–Crippen LogP) is 3.46. The first kappa shape index (κ1) is 16.3. The number of hydrogen-bond donors (Lipinski definition) is 1. The molecule has 1 aliphatic rings. The van der Waals surface area contributed by atoms with Crippen molar-refractivity contribution in [1.82, 2.24) is 0 Å². The molecule has 1 aliphatic heterocycles. The largest absolute Gasteiger partial charge is 0.508 e. The third kappa shape index (κ3) is 3.50. The first-order chi connectivity index (χ1) is 11.6. The molecule has 24 heavy (non-hydrogen) atoms. The van der Waals surface area contributed by atoms with E-state index < -0.39 is 5.63 Å². The van der Waals surface area contributed by atoms with Gasteiger partial charge < -0.3 is 14.3 Å². The first-order valence-corrected chi connectivity index (χ1v) is 8.21. The van der Waals surface area contributed by atoms with Crippen LogP contribution in [0.2, 0.25) is 0 Å². The van der Waals surface area contributed by atoms with Crippen molar-refractivity contribution < 1.29 is 19.1 Å². The van der Waals surface area contributed by atoms with Gasteiger partial charge in [-0.25, -0.2) is 4.79 Å². The second kappa shape index (κ2) is 6.91. The van der Waals surface area contributed by atoms with Gasteiger partial charge in [0.05, 0.1) is 11.6 Å². The van der Waals surface area contributed by atoms with Crippen LogP contribution < -0.4 is 10.4 Å². The lowest BCUT2D eigenvalue weighted by atomic mass is 9.92. The molecule has 5 nitrogen and oxygen atoms in total. The Morgan fingerprint density at radius 3 is 2.83 bits per heavy atom. The van der Waals surface area contributed by atoms with Gasteiger partial charge in [0.1, 0.15) is 23.4 Å². The minimum Gasteiger partial charge on any atom is -0.508 e. The Hall–Kier alpha value is -2.56. The lowest BCUT2D eigenvalue weighted by Crippen LogP contribution is -2.27. The maximum Gasteiger partial charge on any atom is 0.339 e. The van der Waals surface area contributed by atoms with E-state index in [1.54, 1.807) is 6.07 Å². The van der Waals surface area contributed by atoms with Crippen LogP contribution in [-0.4, -0.2) is 17.0 Å². The highest BCUT2D eigenvalue weighted by molar-refractivity contribution is 6.01. The Morgan fingerprint density at radius 1 is 1.25 bits per heavy atom. The van der Waals surface area contributed by atoms with E-state index in [9.17, 15) is 14.7 Å². The van der Waals surface area contributed by atoms with Crippen molar-refractivity contribution in [3.05, 3.63) is 57.6 Å². The summed E-state index contributed by atoms with van der Waals surface area (Å²) < 4.78 is 11.1. The SMILES string of the molecule is CCCCC1CC(=O)c2c(Cc3cc(O)cc(=O)o3)cccc2O1. The van der Waals surface area contributed by atoms with Gasteiger partial charge in [-0.2, -0.15) is 0 Å². The van der Waals surface area contributed by atoms with Gasteiger partial charge in [-0.3, -0.25) is 4.79 Å². The summed E-state index contributed by atoms with van der Waals surface area (Å²) in [6, 6.07) is 7.84. The number of Topliss-reactive ketones (excluding diaryl/α,β-unsaturated/α-hetero) is 1. The van der Waals surface area contributed by atoms with Gasteiger partial charge in [0, 0.05) is 18.9 Å². The fraction of sp³-hybridized carbons (Fsp3) is 0.368. The van der Waals surface area contributed by atoms with Crippen LogP contribution in [0.4, 0.5) is 0 Å². The van der Waals surface area contributed by atoms with Gasteiger partial charge in [0.2, 0.25) is 0 Å². The highest BCUT2D eigenvalue weighted by Gasteiger charge is 2.28. The number of ketones is 1. The third-order valence-corrected chi connectivity index (χ3v) is 4.15. The van der Waals surface area contributed by atoms with Crippen molar-refractivity contribution in [2.75, 3.05) is 0 Å². The van der Waals surface area contributed by atoms with E-state index in [1.807, 2.05) is 12.1 Å². The highest BCUT2D eigenvalue weighted by atomic mass is 16.5. The van der Waals surface area contributed by atoms with Crippen LogP contribution >= 0.6 is 0 Å². The molecule has 3 rings (SSSR count). The van der Waals surface area contributed by atoms with E-state index in [2.05, 4.69) is 6.92 Å². The molecule has 0 fully saturated rings. The molecule has 1 aromatic carbocycles. The van der Waals surface area contributed by atoms with Crippen molar-refractivity contribution in [1.29, 1.82) is 0 Å². The number of carbonyl (C=O) groups is 1. The fourth-order valence-corrected chi connectivity index (χ4v) is 3.05. The number of aromatic hydroxyl groups is 1. The number of carbonyl (C=O) groups excluding carboxylic acids is 1. The van der Waals surface area contributed by atoms with E-state index in [1.165, 1.54) is 6.07 Å². The van der Waals surface area contributed by atoms with E-state index in [0.717, 1.165) is 30.9 Å². The van der Waals surface area contributed by atoms with Gasteiger partial charge in [-0.1, -0.05) is 31.9 Å². The number of unbranched alkanes of at least 4 members (excludes halogenated alkanes) is 1. The average Bonchev–Trinajstić information content (AvgIpc) is 2.52. The lowest BCUT2D eigenvalue weighted by Gasteiger charge is -2.26. The Kier molecular flexibility index (Phi) is 4.69. The molecule has 0 bridgehead atoms. The number of benzene rings is 1. The molecule has 2 heterocycles. The second-order valence-electron chi connectivity index (χ2n) is 6.08. The molecule has 0 radical (unpaired) electrons. The third-order valence-electron chi connectivity index (χ3n) is 4.15. The first-order valence-electron chi connectivity index (χ1n) is 8.21. The summed E-state index contributed by atoms with van der Waals surface area (Å²) >= 11 is 0. The maximum absolute atomic E-state index is 12.6. The number of rotatable bonds is 5. The normalized spacial score (nSPS) is 16.5. The van der Waals surface area contributed by atoms with Crippen LogP contribution in [-0.2, 0) is 6.42 Å². The van der Waals surface area contributed by atoms with Gasteiger partial charge >= 0.3 is 5.63 Å². The van der Waals surface area contributed by atoms with E-state index in [-0.39, 0.29) is 24.1 Å². The molecule has 1 aromatic heterocycles. The number of fused-ring (bicyclic) bond motifs is 1. The topological polar surface area (TPSA) is 76.7 Å². The van der Waals surface area contributed by atoms with E-state index >= 15 is 0 Å². The summed E-state index contributed by atoms with van der Waals surface area (Å²) in [7, 11) is 0. The number of hydrogen-bond acceptors (Lipinski definition) is 5. The highest BCUT2D eigenvalue weighted by Crippen LogP contribution is 2.33. The Morgan fingerprint density at radius 2 is 2.08 bits per heavy atom. The Bertz CT molecular complexity index is 806. The van der Waals surface area contributed by atoms with Crippen molar-refractivity contribution in [3.63, 3.8) is 0 Å². The fourth-order valence-electron chi connectivity index (χ4n) is 3.05. The van der Waals surface area contributed by atoms with Crippen LogP contribution in [0.15, 0.2) is 39.5 Å². The van der Waals surface area contributed by atoms with Crippen LogP contribution in [0.5, 0.6) is 11.5 Å². The molecule has 1 atom stereocenters.